The van der Waals surface area contributed by atoms with E-state index in [1.165, 1.54) is 12.0 Å². The molecule has 3 nitrogen and oxygen atoms in total. The molecule has 0 bridgehead atoms. The van der Waals surface area contributed by atoms with Crippen LogP contribution in [0.2, 0.25) is 0 Å². The SMILES string of the molecule is CCCN1CCCC(O)(Cc2cc(C)ccc2OC)CC1. The quantitative estimate of drug-likeness (QED) is 0.904. The molecule has 118 valence electrons. The summed E-state index contributed by atoms with van der Waals surface area (Å²) in [4.78, 5) is 2.48. The van der Waals surface area contributed by atoms with Crippen molar-refractivity contribution in [2.24, 2.45) is 0 Å². The van der Waals surface area contributed by atoms with Gasteiger partial charge in [-0.25, -0.2) is 0 Å². The number of nitrogens with zero attached hydrogens (tertiary/aromatic N) is 1. The zero-order valence-electron chi connectivity index (χ0n) is 13.7. The van der Waals surface area contributed by atoms with Crippen molar-refractivity contribution in [2.45, 2.75) is 51.6 Å². The summed E-state index contributed by atoms with van der Waals surface area (Å²) in [7, 11) is 1.70. The number of hydrogen-bond acceptors (Lipinski definition) is 3. The second kappa shape index (κ2) is 7.28. The number of rotatable bonds is 5. The zero-order valence-corrected chi connectivity index (χ0v) is 13.7. The number of hydrogen-bond donors (Lipinski definition) is 1. The highest BCUT2D eigenvalue weighted by Gasteiger charge is 2.31. The van der Waals surface area contributed by atoms with Crippen LogP contribution >= 0.6 is 0 Å². The van der Waals surface area contributed by atoms with Crippen LogP contribution in [0.1, 0.15) is 43.7 Å². The Morgan fingerprint density at radius 1 is 1.29 bits per heavy atom. The molecular formula is C18H29NO2. The molecule has 1 aromatic rings. The van der Waals surface area contributed by atoms with E-state index < -0.39 is 5.60 Å². The highest BCUT2D eigenvalue weighted by Crippen LogP contribution is 2.30. The van der Waals surface area contributed by atoms with Crippen LogP contribution in [0.25, 0.3) is 0 Å². The van der Waals surface area contributed by atoms with Gasteiger partial charge in [-0.1, -0.05) is 24.6 Å². The lowest BCUT2D eigenvalue weighted by Gasteiger charge is -2.28. The van der Waals surface area contributed by atoms with Crippen LogP contribution in [-0.4, -0.2) is 42.4 Å². The Morgan fingerprint density at radius 3 is 2.81 bits per heavy atom. The molecule has 1 saturated heterocycles. The number of benzene rings is 1. The first-order chi connectivity index (χ1) is 10.1. The van der Waals surface area contributed by atoms with Gasteiger partial charge in [0, 0.05) is 13.0 Å². The summed E-state index contributed by atoms with van der Waals surface area (Å²) in [5.74, 6) is 0.892. The summed E-state index contributed by atoms with van der Waals surface area (Å²) in [6.45, 7) is 7.56. The third-order valence-corrected chi connectivity index (χ3v) is 4.51. The van der Waals surface area contributed by atoms with E-state index in [9.17, 15) is 5.11 Å². The Kier molecular flexibility index (Phi) is 5.65. The van der Waals surface area contributed by atoms with Gasteiger partial charge in [-0.15, -0.1) is 0 Å². The second-order valence-corrected chi connectivity index (χ2v) is 6.41. The van der Waals surface area contributed by atoms with Crippen molar-refractivity contribution in [3.05, 3.63) is 29.3 Å². The summed E-state index contributed by atoms with van der Waals surface area (Å²) < 4.78 is 5.46. The lowest BCUT2D eigenvalue weighted by molar-refractivity contribution is 0.0252. The molecule has 1 aliphatic rings. The highest BCUT2D eigenvalue weighted by atomic mass is 16.5. The van der Waals surface area contributed by atoms with Gasteiger partial charge in [0.15, 0.2) is 0 Å². The van der Waals surface area contributed by atoms with Gasteiger partial charge in [0.05, 0.1) is 12.7 Å². The van der Waals surface area contributed by atoms with E-state index in [4.69, 9.17) is 4.74 Å². The maximum atomic E-state index is 11.0. The Bertz CT molecular complexity index is 461. The fourth-order valence-electron chi connectivity index (χ4n) is 3.35. The molecule has 1 unspecified atom stereocenters. The van der Waals surface area contributed by atoms with Crippen LogP contribution < -0.4 is 4.74 Å². The standard InChI is InChI=1S/C18H29NO2/c1-4-10-19-11-5-8-18(20,9-12-19)14-16-13-15(2)6-7-17(16)21-3/h6-7,13,20H,4-5,8-12,14H2,1-3H3. The first-order valence-electron chi connectivity index (χ1n) is 8.14. The van der Waals surface area contributed by atoms with Gasteiger partial charge in [-0.3, -0.25) is 0 Å². The van der Waals surface area contributed by atoms with Crippen LogP contribution in [-0.2, 0) is 6.42 Å². The van der Waals surface area contributed by atoms with E-state index >= 15 is 0 Å². The average molecular weight is 291 g/mol. The molecular weight excluding hydrogens is 262 g/mol. The number of aliphatic hydroxyl groups is 1. The predicted molar refractivity (Wildman–Crippen MR) is 87.0 cm³/mol. The molecule has 1 aliphatic heterocycles. The fraction of sp³-hybridized carbons (Fsp3) is 0.667. The summed E-state index contributed by atoms with van der Waals surface area (Å²) in [6, 6.07) is 6.21. The monoisotopic (exact) mass is 291 g/mol. The Balaban J connectivity index is 2.09. The molecule has 0 amide bonds. The lowest BCUT2D eigenvalue weighted by atomic mass is 9.87. The normalized spacial score (nSPS) is 23.8. The third kappa shape index (κ3) is 4.45. The predicted octanol–water partition coefficient (Wildman–Crippen LogP) is 3.17. The highest BCUT2D eigenvalue weighted by molar-refractivity contribution is 5.37. The van der Waals surface area contributed by atoms with E-state index in [0.717, 1.165) is 50.2 Å². The minimum atomic E-state index is -0.594. The molecule has 0 spiro atoms. The summed E-state index contributed by atoms with van der Waals surface area (Å²) in [5, 5.41) is 11.0. The second-order valence-electron chi connectivity index (χ2n) is 6.41. The molecule has 1 fully saturated rings. The van der Waals surface area contributed by atoms with Crippen molar-refractivity contribution in [1.29, 1.82) is 0 Å². The van der Waals surface area contributed by atoms with Gasteiger partial charge < -0.3 is 14.7 Å². The van der Waals surface area contributed by atoms with Gasteiger partial charge in [0.25, 0.3) is 0 Å². The molecule has 1 atom stereocenters. The lowest BCUT2D eigenvalue weighted by Crippen LogP contribution is -2.33. The molecule has 0 saturated carbocycles. The molecule has 1 aromatic carbocycles. The molecule has 1 N–H and O–H groups in total. The van der Waals surface area contributed by atoms with Crippen LogP contribution in [0.3, 0.4) is 0 Å². The van der Waals surface area contributed by atoms with Crippen LogP contribution in [0.4, 0.5) is 0 Å². The summed E-state index contributed by atoms with van der Waals surface area (Å²) in [5.41, 5.74) is 1.75. The van der Waals surface area contributed by atoms with Crippen molar-refractivity contribution in [3.8, 4) is 5.75 Å². The molecule has 21 heavy (non-hydrogen) atoms. The molecule has 0 aromatic heterocycles. The molecule has 2 rings (SSSR count). The Labute approximate surface area is 128 Å². The molecule has 0 radical (unpaired) electrons. The van der Waals surface area contributed by atoms with E-state index in [0.29, 0.717) is 6.42 Å². The minimum Gasteiger partial charge on any atom is -0.496 e. The molecule has 3 heteroatoms. The van der Waals surface area contributed by atoms with Gasteiger partial charge in [-0.2, -0.15) is 0 Å². The van der Waals surface area contributed by atoms with Crippen LogP contribution in [0, 0.1) is 6.92 Å². The number of ether oxygens (including phenoxy) is 1. The molecule has 0 aliphatic carbocycles. The average Bonchev–Trinajstić information content (AvgIpc) is 2.62. The van der Waals surface area contributed by atoms with Gasteiger partial charge in [0.1, 0.15) is 5.75 Å². The summed E-state index contributed by atoms with van der Waals surface area (Å²) >= 11 is 0. The van der Waals surface area contributed by atoms with Crippen LogP contribution in [0.15, 0.2) is 18.2 Å². The summed E-state index contributed by atoms with van der Waals surface area (Å²) in [6.07, 6.45) is 4.68. The fourth-order valence-corrected chi connectivity index (χ4v) is 3.35. The van der Waals surface area contributed by atoms with Gasteiger partial charge in [0.2, 0.25) is 0 Å². The van der Waals surface area contributed by atoms with E-state index in [-0.39, 0.29) is 0 Å². The van der Waals surface area contributed by atoms with Crippen molar-refractivity contribution < 1.29 is 9.84 Å². The Hall–Kier alpha value is -1.06. The van der Waals surface area contributed by atoms with Crippen molar-refractivity contribution in [1.82, 2.24) is 4.90 Å². The van der Waals surface area contributed by atoms with Crippen LogP contribution in [0.5, 0.6) is 5.75 Å². The smallest absolute Gasteiger partial charge is 0.122 e. The first kappa shape index (κ1) is 16.3. The first-order valence-corrected chi connectivity index (χ1v) is 8.14. The number of methoxy groups -OCH3 is 1. The van der Waals surface area contributed by atoms with Crippen molar-refractivity contribution in [2.75, 3.05) is 26.7 Å². The number of aryl methyl sites for hydroxylation is 1. The minimum absolute atomic E-state index is 0.594. The van der Waals surface area contributed by atoms with Crippen molar-refractivity contribution >= 4 is 0 Å². The largest absolute Gasteiger partial charge is 0.496 e. The van der Waals surface area contributed by atoms with E-state index in [1.54, 1.807) is 7.11 Å². The number of likely N-dealkylation sites (tertiary alicyclic amines) is 1. The van der Waals surface area contributed by atoms with E-state index in [1.807, 2.05) is 6.07 Å². The maximum absolute atomic E-state index is 11.0. The van der Waals surface area contributed by atoms with E-state index in [2.05, 4.69) is 30.9 Å². The van der Waals surface area contributed by atoms with Gasteiger partial charge >= 0.3 is 0 Å². The zero-order chi connectivity index (χ0) is 15.3. The Morgan fingerprint density at radius 2 is 2.10 bits per heavy atom. The van der Waals surface area contributed by atoms with Gasteiger partial charge in [-0.05, 0) is 57.3 Å². The topological polar surface area (TPSA) is 32.7 Å². The molecule has 1 heterocycles. The third-order valence-electron chi connectivity index (χ3n) is 4.51. The van der Waals surface area contributed by atoms with Crippen molar-refractivity contribution in [3.63, 3.8) is 0 Å². The maximum Gasteiger partial charge on any atom is 0.122 e.